The zero-order chi connectivity index (χ0) is 14.9. The fraction of sp³-hybridized carbons (Fsp3) is 0.385. The zero-order valence-corrected chi connectivity index (χ0v) is 12.9. The topological polar surface area (TPSA) is 81.1 Å². The Morgan fingerprint density at radius 3 is 3.00 bits per heavy atom. The fourth-order valence-corrected chi connectivity index (χ4v) is 4.67. The molecule has 0 aromatic carbocycles. The molecule has 0 unspecified atom stereocenters. The van der Waals surface area contributed by atoms with Crippen LogP contribution in [0.15, 0.2) is 29.1 Å². The van der Waals surface area contributed by atoms with Crippen molar-refractivity contribution in [3.05, 3.63) is 29.1 Å². The van der Waals surface area contributed by atoms with Gasteiger partial charge in [0.25, 0.3) is 0 Å². The van der Waals surface area contributed by atoms with E-state index in [-0.39, 0.29) is 30.0 Å². The molecule has 2 aromatic heterocycles. The number of rotatable bonds is 4. The molecule has 0 bridgehead atoms. The van der Waals surface area contributed by atoms with Crippen molar-refractivity contribution in [2.24, 2.45) is 0 Å². The molecule has 6 nitrogen and oxygen atoms in total. The molecule has 8 heteroatoms. The van der Waals surface area contributed by atoms with Gasteiger partial charge in [-0.05, 0) is 23.9 Å². The highest BCUT2D eigenvalue weighted by Crippen LogP contribution is 2.19. The second kappa shape index (κ2) is 5.61. The quantitative estimate of drug-likeness (QED) is 0.906. The first-order valence-corrected chi connectivity index (χ1v) is 9.34. The van der Waals surface area contributed by atoms with Gasteiger partial charge in [-0.1, -0.05) is 0 Å². The second-order valence-electron chi connectivity index (χ2n) is 5.08. The standard InChI is InChI=1S/C13H15N3O3S2/c17-13(14-11-3-6-21(18,19)9-11)7-16-4-1-12(15-16)10-2-5-20-8-10/h1-2,4-5,8,11H,3,6-7,9H2,(H,14,17)/t11-/m1/s1. The number of hydrogen-bond donors (Lipinski definition) is 1. The van der Waals surface area contributed by atoms with E-state index in [1.165, 1.54) is 0 Å². The van der Waals surface area contributed by atoms with E-state index in [1.54, 1.807) is 22.2 Å². The summed E-state index contributed by atoms with van der Waals surface area (Å²) in [6.45, 7) is 0.0979. The van der Waals surface area contributed by atoms with Crippen molar-refractivity contribution in [1.29, 1.82) is 0 Å². The Hall–Kier alpha value is -1.67. The third-order valence-corrected chi connectivity index (χ3v) is 5.81. The minimum atomic E-state index is -2.98. The number of carbonyl (C=O) groups is 1. The molecule has 1 atom stereocenters. The molecule has 1 saturated heterocycles. The number of carbonyl (C=O) groups excluding carboxylic acids is 1. The van der Waals surface area contributed by atoms with Crippen LogP contribution in [-0.4, -0.2) is 41.7 Å². The number of nitrogens with zero attached hydrogens (tertiary/aromatic N) is 2. The smallest absolute Gasteiger partial charge is 0.241 e. The van der Waals surface area contributed by atoms with Gasteiger partial charge in [0.05, 0.1) is 17.2 Å². The third-order valence-electron chi connectivity index (χ3n) is 3.36. The van der Waals surface area contributed by atoms with Crippen LogP contribution in [0.2, 0.25) is 0 Å². The number of hydrogen-bond acceptors (Lipinski definition) is 5. The number of sulfone groups is 1. The van der Waals surface area contributed by atoms with Crippen LogP contribution < -0.4 is 5.32 Å². The molecule has 0 radical (unpaired) electrons. The SMILES string of the molecule is O=C(Cn1ccc(-c2ccsc2)n1)N[C@@H]1CCS(=O)(=O)C1. The first-order valence-electron chi connectivity index (χ1n) is 6.58. The van der Waals surface area contributed by atoms with E-state index < -0.39 is 9.84 Å². The van der Waals surface area contributed by atoms with Crippen LogP contribution in [0.5, 0.6) is 0 Å². The summed E-state index contributed by atoms with van der Waals surface area (Å²) in [6.07, 6.45) is 2.24. The lowest BCUT2D eigenvalue weighted by Gasteiger charge is -2.10. The summed E-state index contributed by atoms with van der Waals surface area (Å²) in [5.74, 6) is -0.0166. The maximum absolute atomic E-state index is 11.9. The molecule has 0 aliphatic carbocycles. The van der Waals surface area contributed by atoms with Crippen molar-refractivity contribution >= 4 is 27.1 Å². The van der Waals surface area contributed by atoms with E-state index in [1.807, 2.05) is 22.9 Å². The molecule has 21 heavy (non-hydrogen) atoms. The Bertz CT molecular complexity index is 735. The van der Waals surface area contributed by atoms with Crippen LogP contribution in [0.25, 0.3) is 11.3 Å². The van der Waals surface area contributed by atoms with Crippen molar-refractivity contribution in [2.75, 3.05) is 11.5 Å². The maximum atomic E-state index is 11.9. The molecule has 1 fully saturated rings. The van der Waals surface area contributed by atoms with Gasteiger partial charge in [-0.2, -0.15) is 16.4 Å². The van der Waals surface area contributed by atoms with E-state index in [0.717, 1.165) is 11.3 Å². The Labute approximate surface area is 126 Å². The minimum Gasteiger partial charge on any atom is -0.351 e. The van der Waals surface area contributed by atoms with E-state index in [2.05, 4.69) is 10.4 Å². The molecule has 3 heterocycles. The van der Waals surface area contributed by atoms with Crippen LogP contribution in [0.1, 0.15) is 6.42 Å². The van der Waals surface area contributed by atoms with Gasteiger partial charge in [-0.25, -0.2) is 8.42 Å². The maximum Gasteiger partial charge on any atom is 0.241 e. The second-order valence-corrected chi connectivity index (χ2v) is 8.09. The molecular formula is C13H15N3O3S2. The summed E-state index contributed by atoms with van der Waals surface area (Å²) in [5, 5.41) is 11.1. The number of nitrogens with one attached hydrogen (secondary N) is 1. The highest BCUT2D eigenvalue weighted by atomic mass is 32.2. The van der Waals surface area contributed by atoms with E-state index in [9.17, 15) is 13.2 Å². The van der Waals surface area contributed by atoms with Crippen molar-refractivity contribution in [3.8, 4) is 11.3 Å². The van der Waals surface area contributed by atoms with Crippen LogP contribution in [-0.2, 0) is 21.2 Å². The van der Waals surface area contributed by atoms with Gasteiger partial charge in [0.1, 0.15) is 6.54 Å². The summed E-state index contributed by atoms with van der Waals surface area (Å²) in [6, 6.07) is 3.56. The molecule has 3 rings (SSSR count). The van der Waals surface area contributed by atoms with Crippen LogP contribution in [0.4, 0.5) is 0 Å². The van der Waals surface area contributed by atoms with E-state index in [0.29, 0.717) is 6.42 Å². The van der Waals surface area contributed by atoms with Gasteiger partial charge in [0.15, 0.2) is 9.84 Å². The lowest BCUT2D eigenvalue weighted by Crippen LogP contribution is -2.37. The first kappa shape index (κ1) is 14.3. The van der Waals surface area contributed by atoms with Gasteiger partial charge in [0, 0.05) is 23.2 Å². The summed E-state index contributed by atoms with van der Waals surface area (Å²) in [5.41, 5.74) is 1.86. The Morgan fingerprint density at radius 1 is 1.48 bits per heavy atom. The molecule has 0 saturated carbocycles. The monoisotopic (exact) mass is 325 g/mol. The predicted octanol–water partition coefficient (Wildman–Crippen LogP) is 0.915. The molecule has 1 amide bonds. The van der Waals surface area contributed by atoms with Crippen molar-refractivity contribution in [1.82, 2.24) is 15.1 Å². The minimum absolute atomic E-state index is 0.0397. The average molecular weight is 325 g/mol. The Kier molecular flexibility index (Phi) is 3.81. The number of aromatic nitrogens is 2. The van der Waals surface area contributed by atoms with Crippen LogP contribution in [0.3, 0.4) is 0 Å². The summed E-state index contributed by atoms with van der Waals surface area (Å²) >= 11 is 1.59. The van der Waals surface area contributed by atoms with Gasteiger partial charge < -0.3 is 5.32 Å². The molecule has 0 spiro atoms. The highest BCUT2D eigenvalue weighted by molar-refractivity contribution is 7.91. The number of thiophene rings is 1. The lowest BCUT2D eigenvalue weighted by atomic mass is 10.2. The molecule has 1 N–H and O–H groups in total. The number of amides is 1. The summed E-state index contributed by atoms with van der Waals surface area (Å²) < 4.78 is 24.3. The van der Waals surface area contributed by atoms with E-state index >= 15 is 0 Å². The average Bonchev–Trinajstić information content (AvgIpc) is 3.09. The van der Waals surface area contributed by atoms with E-state index in [4.69, 9.17) is 0 Å². The fourth-order valence-electron chi connectivity index (χ4n) is 2.34. The Balaban J connectivity index is 1.58. The Morgan fingerprint density at radius 2 is 2.33 bits per heavy atom. The van der Waals surface area contributed by atoms with Crippen molar-refractivity contribution in [3.63, 3.8) is 0 Å². The summed E-state index contributed by atoms with van der Waals surface area (Å²) in [7, 11) is -2.98. The molecule has 2 aromatic rings. The van der Waals surface area contributed by atoms with Gasteiger partial charge >= 0.3 is 0 Å². The normalized spacial score (nSPS) is 20.5. The van der Waals surface area contributed by atoms with Crippen molar-refractivity contribution < 1.29 is 13.2 Å². The lowest BCUT2D eigenvalue weighted by molar-refractivity contribution is -0.122. The molecule has 1 aliphatic rings. The van der Waals surface area contributed by atoms with Gasteiger partial charge in [-0.3, -0.25) is 9.48 Å². The zero-order valence-electron chi connectivity index (χ0n) is 11.2. The third kappa shape index (κ3) is 3.51. The van der Waals surface area contributed by atoms with Crippen LogP contribution in [0, 0.1) is 0 Å². The first-order chi connectivity index (χ1) is 10.0. The molecular weight excluding hydrogens is 310 g/mol. The molecule has 112 valence electrons. The summed E-state index contributed by atoms with van der Waals surface area (Å²) in [4.78, 5) is 11.9. The van der Waals surface area contributed by atoms with Crippen molar-refractivity contribution in [2.45, 2.75) is 19.0 Å². The van der Waals surface area contributed by atoms with Gasteiger partial charge in [-0.15, -0.1) is 0 Å². The predicted molar refractivity (Wildman–Crippen MR) is 80.7 cm³/mol. The molecule has 1 aliphatic heterocycles. The van der Waals surface area contributed by atoms with Gasteiger partial charge in [0.2, 0.25) is 5.91 Å². The van der Waals surface area contributed by atoms with Crippen LogP contribution >= 0.6 is 11.3 Å². The highest BCUT2D eigenvalue weighted by Gasteiger charge is 2.28. The largest absolute Gasteiger partial charge is 0.351 e.